The second-order valence-corrected chi connectivity index (χ2v) is 9.53. The van der Waals surface area contributed by atoms with Crippen molar-refractivity contribution in [3.05, 3.63) is 155 Å². The van der Waals surface area contributed by atoms with Gasteiger partial charge in [0.25, 0.3) is 11.4 Å². The zero-order valence-electron chi connectivity index (χ0n) is 23.1. The molecule has 0 unspecified atom stereocenters. The molecule has 0 spiro atoms. The normalized spacial score (nSPS) is 14.4. The summed E-state index contributed by atoms with van der Waals surface area (Å²) >= 11 is 0. The first-order valence-corrected chi connectivity index (χ1v) is 12.7. The van der Waals surface area contributed by atoms with Crippen molar-refractivity contribution in [1.29, 1.82) is 26.3 Å². The van der Waals surface area contributed by atoms with Crippen LogP contribution in [0.5, 0.6) is 0 Å². The molecule has 2 aliphatic carbocycles. The molecule has 0 saturated heterocycles. The van der Waals surface area contributed by atoms with Crippen LogP contribution in [0.3, 0.4) is 0 Å². The fourth-order valence-electron chi connectivity index (χ4n) is 5.51. The third-order valence-electron chi connectivity index (χ3n) is 7.39. The van der Waals surface area contributed by atoms with Crippen LogP contribution < -0.4 is 0 Å². The Morgan fingerprint density at radius 2 is 1.09 bits per heavy atom. The van der Waals surface area contributed by atoms with E-state index in [1.54, 1.807) is 18.2 Å². The van der Waals surface area contributed by atoms with Crippen molar-refractivity contribution in [2.75, 3.05) is 0 Å². The summed E-state index contributed by atoms with van der Waals surface area (Å²) in [6.45, 7) is 30.9. The number of allylic oxidation sites excluding steroid dienone is 7. The molecule has 5 rings (SSSR count). The second kappa shape index (κ2) is 11.5. The van der Waals surface area contributed by atoms with Gasteiger partial charge in [-0.25, -0.2) is 43.1 Å². The van der Waals surface area contributed by atoms with Gasteiger partial charge in [0.05, 0.1) is 61.2 Å². The number of nitrogens with zero attached hydrogens (tertiary/aromatic N) is 9. The van der Waals surface area contributed by atoms with E-state index in [-0.39, 0.29) is 72.5 Å². The molecule has 0 radical (unpaired) electrons. The molecule has 3 aromatic carbocycles. The molecule has 0 bridgehead atoms. The summed E-state index contributed by atoms with van der Waals surface area (Å²) in [6.07, 6.45) is 0. The third-order valence-corrected chi connectivity index (χ3v) is 7.39. The van der Waals surface area contributed by atoms with Gasteiger partial charge in [0.1, 0.15) is 23.8 Å². The highest BCUT2D eigenvalue weighted by molar-refractivity contribution is 6.29. The van der Waals surface area contributed by atoms with Gasteiger partial charge in [0.15, 0.2) is 11.5 Å². The minimum absolute atomic E-state index is 0.00522. The van der Waals surface area contributed by atoms with Crippen molar-refractivity contribution < 1.29 is 13.2 Å². The van der Waals surface area contributed by atoms with Gasteiger partial charge >= 0.3 is 0 Å². The second-order valence-electron chi connectivity index (χ2n) is 9.53. The van der Waals surface area contributed by atoms with Crippen LogP contribution in [-0.4, -0.2) is 0 Å². The first kappa shape index (κ1) is 30.3. The Kier molecular flexibility index (Phi) is 7.40. The van der Waals surface area contributed by atoms with Crippen LogP contribution in [0, 0.1) is 100 Å². The SMILES string of the molecule is [C-]#[N+]C1=C(c2cc(F)c(F)cc2[N+]#[C-])/C(=C(/C#N)[N+]#[C-])c2cc3c(cc21)/C(=C(/C#N)[N+]#[C-])C(c1cc(F)c(C#N)cc1C#N)=C3C#N. The third kappa shape index (κ3) is 4.33. The van der Waals surface area contributed by atoms with E-state index >= 15 is 0 Å². The molecule has 12 heteroatoms. The van der Waals surface area contributed by atoms with E-state index in [0.717, 1.165) is 12.1 Å². The van der Waals surface area contributed by atoms with Gasteiger partial charge in [-0.1, -0.05) is 6.07 Å². The van der Waals surface area contributed by atoms with E-state index in [9.17, 15) is 39.5 Å². The predicted molar refractivity (Wildman–Crippen MR) is 159 cm³/mol. The van der Waals surface area contributed by atoms with Crippen LogP contribution >= 0.6 is 0 Å². The first-order chi connectivity index (χ1) is 22.7. The zero-order valence-corrected chi connectivity index (χ0v) is 23.1. The van der Waals surface area contributed by atoms with Gasteiger partial charge in [-0.2, -0.15) is 15.8 Å². The molecule has 0 fully saturated rings. The molecule has 0 amide bonds. The molecule has 0 atom stereocenters. The van der Waals surface area contributed by atoms with Crippen molar-refractivity contribution in [2.24, 2.45) is 0 Å². The Hall–Kier alpha value is -8.18. The lowest BCUT2D eigenvalue weighted by Crippen LogP contribution is -1.97. The van der Waals surface area contributed by atoms with E-state index in [1.165, 1.54) is 12.1 Å². The van der Waals surface area contributed by atoms with Crippen LogP contribution in [0.15, 0.2) is 47.8 Å². The minimum atomic E-state index is -1.37. The van der Waals surface area contributed by atoms with Gasteiger partial charge in [-0.05, 0) is 74.9 Å². The monoisotopic (exact) mass is 609 g/mol. The first-order valence-electron chi connectivity index (χ1n) is 12.7. The average molecular weight is 609 g/mol. The molecule has 0 saturated carbocycles. The fraction of sp³-hybridized carbons (Fsp3) is 0. The maximum Gasteiger partial charge on any atom is 0.270 e. The summed E-state index contributed by atoms with van der Waals surface area (Å²) in [5.41, 5.74) is -4.09. The molecule has 0 heterocycles. The summed E-state index contributed by atoms with van der Waals surface area (Å²) in [6, 6.07) is 14.5. The highest BCUT2D eigenvalue weighted by atomic mass is 19.2. The Labute approximate surface area is 264 Å². The number of halogens is 3. The van der Waals surface area contributed by atoms with Crippen LogP contribution in [0.25, 0.3) is 52.9 Å². The Balaban J connectivity index is 1.98. The summed E-state index contributed by atoms with van der Waals surface area (Å²) < 4.78 is 43.6. The summed E-state index contributed by atoms with van der Waals surface area (Å²) in [5, 5.41) is 49.4. The van der Waals surface area contributed by atoms with Gasteiger partial charge < -0.3 is 0 Å². The molecule has 0 N–H and O–H groups in total. The van der Waals surface area contributed by atoms with Crippen molar-refractivity contribution in [2.45, 2.75) is 0 Å². The number of nitriles is 5. The number of rotatable bonds is 2. The van der Waals surface area contributed by atoms with Crippen molar-refractivity contribution >= 4 is 39.2 Å². The molecule has 3 aromatic rings. The fourth-order valence-corrected chi connectivity index (χ4v) is 5.51. The molecular formula is C35H6F3N9. The molecule has 2 aliphatic rings. The van der Waals surface area contributed by atoms with E-state index in [1.807, 2.05) is 12.1 Å². The number of benzene rings is 3. The Bertz CT molecular complexity index is 2560. The molecule has 0 aromatic heterocycles. The van der Waals surface area contributed by atoms with E-state index < -0.39 is 40.1 Å². The Morgan fingerprint density at radius 1 is 0.532 bits per heavy atom. The largest absolute Gasteiger partial charge is 0.270 e. The average Bonchev–Trinajstić information content (AvgIpc) is 3.57. The van der Waals surface area contributed by atoms with Gasteiger partial charge in [-0.3, -0.25) is 0 Å². The zero-order chi connectivity index (χ0) is 34.2. The summed E-state index contributed by atoms with van der Waals surface area (Å²) in [4.78, 5) is 13.3. The van der Waals surface area contributed by atoms with Gasteiger partial charge in [0, 0.05) is 11.1 Å². The topological polar surface area (TPSA) is 136 Å². The lowest BCUT2D eigenvalue weighted by molar-refractivity contribution is 0.509. The lowest BCUT2D eigenvalue weighted by Gasteiger charge is -2.13. The molecule has 9 nitrogen and oxygen atoms in total. The smallest absolute Gasteiger partial charge is 0.237 e. The predicted octanol–water partition coefficient (Wildman–Crippen LogP) is 7.96. The van der Waals surface area contributed by atoms with Crippen molar-refractivity contribution in [1.82, 2.24) is 0 Å². The summed E-state index contributed by atoms with van der Waals surface area (Å²) in [7, 11) is 0. The molecule has 0 aliphatic heterocycles. The standard InChI is InChI=1S/C35H6F3N9/c1-44-28-10-27(38)26(37)9-23(28)34-33(30(15-43)46-3)21-6-19-20(7-22(21)35(34)47-4)32(29(14-42)45-2)31(24(19)13-41)18-8-25(36)17(12-40)5-16(18)11-39/h5-10H/b32-29+,33-30-. The number of fused-ring (bicyclic) bond motifs is 2. The molecule has 47 heavy (non-hydrogen) atoms. The highest BCUT2D eigenvalue weighted by Crippen LogP contribution is 2.56. The highest BCUT2D eigenvalue weighted by Gasteiger charge is 2.38. The van der Waals surface area contributed by atoms with Crippen LogP contribution in [0.4, 0.5) is 18.9 Å². The van der Waals surface area contributed by atoms with Crippen LogP contribution in [0.2, 0.25) is 0 Å². The quantitative estimate of drug-likeness (QED) is 0.214. The lowest BCUT2D eigenvalue weighted by atomic mass is 9.90. The van der Waals surface area contributed by atoms with E-state index in [2.05, 4.69) is 19.4 Å². The van der Waals surface area contributed by atoms with E-state index in [4.69, 9.17) is 26.3 Å². The number of hydrogen-bond acceptors (Lipinski definition) is 5. The van der Waals surface area contributed by atoms with Crippen LogP contribution in [0.1, 0.15) is 44.5 Å². The van der Waals surface area contributed by atoms with Gasteiger partial charge in [-0.15, -0.1) is 0 Å². The maximum absolute atomic E-state index is 14.9. The maximum atomic E-state index is 14.9. The van der Waals surface area contributed by atoms with Crippen LogP contribution in [-0.2, 0) is 0 Å². The van der Waals surface area contributed by atoms with Gasteiger partial charge in [0.2, 0.25) is 5.70 Å². The summed E-state index contributed by atoms with van der Waals surface area (Å²) in [5.74, 6) is -3.76. The van der Waals surface area contributed by atoms with Crippen molar-refractivity contribution in [3.63, 3.8) is 0 Å². The minimum Gasteiger partial charge on any atom is -0.237 e. The van der Waals surface area contributed by atoms with E-state index in [0.29, 0.717) is 12.1 Å². The molecular weight excluding hydrogens is 603 g/mol. The van der Waals surface area contributed by atoms with Crippen molar-refractivity contribution in [3.8, 4) is 30.3 Å². The Morgan fingerprint density at radius 3 is 1.62 bits per heavy atom. The number of hydrogen-bond donors (Lipinski definition) is 0. The molecule has 212 valence electrons.